The van der Waals surface area contributed by atoms with E-state index in [0.717, 1.165) is 16.8 Å². The van der Waals surface area contributed by atoms with Crippen LogP contribution in [0.2, 0.25) is 5.02 Å². The van der Waals surface area contributed by atoms with Crippen molar-refractivity contribution in [1.29, 1.82) is 0 Å². The van der Waals surface area contributed by atoms with Crippen LogP contribution in [0.3, 0.4) is 0 Å². The minimum Gasteiger partial charge on any atom is -0.364 e. The van der Waals surface area contributed by atoms with E-state index < -0.39 is 5.82 Å². The van der Waals surface area contributed by atoms with Gasteiger partial charge in [-0.3, -0.25) is 10.7 Å². The molecule has 0 saturated heterocycles. The molecule has 1 heterocycles. The molecule has 0 unspecified atom stereocenters. The van der Waals surface area contributed by atoms with Gasteiger partial charge in [0.2, 0.25) is 0 Å². The van der Waals surface area contributed by atoms with Crippen molar-refractivity contribution in [3.63, 3.8) is 0 Å². The van der Waals surface area contributed by atoms with Crippen LogP contribution >= 0.6 is 23.8 Å². The average Bonchev–Trinajstić information content (AvgIpc) is 3.11. The van der Waals surface area contributed by atoms with Gasteiger partial charge in [0.05, 0.1) is 10.7 Å². The summed E-state index contributed by atoms with van der Waals surface area (Å²) in [5.41, 5.74) is 3.51. The third-order valence-electron chi connectivity index (χ3n) is 4.75. The van der Waals surface area contributed by atoms with Gasteiger partial charge in [-0.2, -0.15) is 0 Å². The highest BCUT2D eigenvalue weighted by molar-refractivity contribution is 7.80. The van der Waals surface area contributed by atoms with Crippen LogP contribution in [0, 0.1) is 11.7 Å². The Morgan fingerprint density at radius 2 is 2.15 bits per heavy atom. The maximum atomic E-state index is 13.3. The molecule has 1 fully saturated rings. The summed E-state index contributed by atoms with van der Waals surface area (Å²) in [5, 5.41) is 13.4. The second-order valence-electron chi connectivity index (χ2n) is 6.78. The highest BCUT2D eigenvalue weighted by Gasteiger charge is 2.19. The van der Waals surface area contributed by atoms with Crippen LogP contribution < -0.4 is 5.48 Å². The number of thiocarbonyl (C=S) groups is 1. The number of halogens is 2. The fourth-order valence-corrected chi connectivity index (χ4v) is 3.96. The van der Waals surface area contributed by atoms with Crippen LogP contribution in [0.15, 0.2) is 34.0 Å². The van der Waals surface area contributed by atoms with Crippen LogP contribution in [0.4, 0.5) is 10.1 Å². The lowest BCUT2D eigenvalue weighted by Gasteiger charge is -2.21. The zero-order valence-electron chi connectivity index (χ0n) is 14.8. The smallest absolute Gasteiger partial charge is 0.180 e. The molecule has 27 heavy (non-hydrogen) atoms. The molecule has 2 N–H and O–H groups in total. The van der Waals surface area contributed by atoms with Crippen LogP contribution in [0.25, 0.3) is 0 Å². The summed E-state index contributed by atoms with van der Waals surface area (Å²) in [5.74, 6) is 0.200. The van der Waals surface area contributed by atoms with Crippen molar-refractivity contribution in [3.8, 4) is 0 Å². The number of rotatable bonds is 6. The van der Waals surface area contributed by atoms with Gasteiger partial charge in [-0.15, -0.1) is 0 Å². The van der Waals surface area contributed by atoms with Crippen molar-refractivity contribution in [2.75, 3.05) is 0 Å². The van der Waals surface area contributed by atoms with E-state index in [0.29, 0.717) is 23.7 Å². The summed E-state index contributed by atoms with van der Waals surface area (Å²) in [6.45, 7) is 0. The maximum Gasteiger partial charge on any atom is 0.180 e. The molecule has 0 atom stereocenters. The number of hydrogen-bond donors (Lipinski definition) is 2. The summed E-state index contributed by atoms with van der Waals surface area (Å²) >= 11 is 11.4. The Bertz CT molecular complexity index is 834. The van der Waals surface area contributed by atoms with Gasteiger partial charge in [0.1, 0.15) is 12.1 Å². The van der Waals surface area contributed by atoms with E-state index in [1.54, 1.807) is 0 Å². The first kappa shape index (κ1) is 19.9. The fourth-order valence-electron chi connectivity index (χ4n) is 3.39. The quantitative estimate of drug-likeness (QED) is 0.289. The standard InChI is InChI=1S/C19H21ClFN3O2S/c20-16-10-14(6-7-17(16)21)22-19(23-25)18-13(11-26-24-18)9-15(27)8-12-4-2-1-3-5-12/h6-7,10-12,25H,1-5,8-9H2,(H,22,23). The monoisotopic (exact) mass is 409 g/mol. The normalized spacial score (nSPS) is 15.7. The number of nitrogens with one attached hydrogen (secondary N) is 1. The molecule has 0 aliphatic heterocycles. The first-order valence-corrected chi connectivity index (χ1v) is 9.74. The highest BCUT2D eigenvalue weighted by Crippen LogP contribution is 2.28. The SMILES string of the molecule is ONC(=Nc1ccc(F)c(Cl)c1)c1nocc1CC(=S)CC1CCCCC1. The molecule has 1 aliphatic carbocycles. The van der Waals surface area contributed by atoms with E-state index >= 15 is 0 Å². The van der Waals surface area contributed by atoms with Crippen molar-refractivity contribution < 1.29 is 14.1 Å². The number of aliphatic imine (C=N–C) groups is 1. The summed E-state index contributed by atoms with van der Waals surface area (Å²) in [4.78, 5) is 5.18. The number of nitrogens with zero attached hydrogens (tertiary/aromatic N) is 2. The molecular weight excluding hydrogens is 389 g/mol. The van der Waals surface area contributed by atoms with Gasteiger partial charge in [0, 0.05) is 12.0 Å². The van der Waals surface area contributed by atoms with E-state index in [1.807, 2.05) is 5.48 Å². The van der Waals surface area contributed by atoms with Crippen molar-refractivity contribution >= 4 is 40.2 Å². The third kappa shape index (κ3) is 5.34. The summed E-state index contributed by atoms with van der Waals surface area (Å²) in [6.07, 6.45) is 9.26. The third-order valence-corrected chi connectivity index (χ3v) is 5.35. The van der Waals surface area contributed by atoms with Gasteiger partial charge in [-0.1, -0.05) is 61.1 Å². The second-order valence-corrected chi connectivity index (χ2v) is 7.77. The number of hydroxylamine groups is 1. The first-order chi connectivity index (χ1) is 13.1. The van der Waals surface area contributed by atoms with Crippen molar-refractivity contribution in [1.82, 2.24) is 10.6 Å². The molecule has 0 amide bonds. The lowest BCUT2D eigenvalue weighted by Crippen LogP contribution is -2.22. The number of benzene rings is 1. The van der Waals surface area contributed by atoms with Gasteiger partial charge in [-0.05, 0) is 35.4 Å². The van der Waals surface area contributed by atoms with Crippen LogP contribution in [0.5, 0.6) is 0 Å². The average molecular weight is 410 g/mol. The van der Waals surface area contributed by atoms with E-state index in [1.165, 1.54) is 56.6 Å². The molecule has 1 saturated carbocycles. The predicted molar refractivity (Wildman–Crippen MR) is 107 cm³/mol. The first-order valence-electron chi connectivity index (χ1n) is 8.96. The largest absolute Gasteiger partial charge is 0.364 e. The van der Waals surface area contributed by atoms with Gasteiger partial charge >= 0.3 is 0 Å². The minimum absolute atomic E-state index is 0.0532. The van der Waals surface area contributed by atoms with Gasteiger partial charge in [0.25, 0.3) is 0 Å². The fraction of sp³-hybridized carbons (Fsp3) is 0.421. The van der Waals surface area contributed by atoms with Gasteiger partial charge in [0.15, 0.2) is 11.5 Å². The van der Waals surface area contributed by atoms with E-state index in [4.69, 9.17) is 28.3 Å². The Labute approximate surface area is 167 Å². The Hall–Kier alpha value is -1.83. The van der Waals surface area contributed by atoms with E-state index in [-0.39, 0.29) is 10.9 Å². The lowest BCUT2D eigenvalue weighted by atomic mass is 9.85. The molecule has 0 bridgehead atoms. The van der Waals surface area contributed by atoms with Crippen molar-refractivity contribution in [2.45, 2.75) is 44.9 Å². The summed E-state index contributed by atoms with van der Waals surface area (Å²) < 4.78 is 18.4. The molecule has 8 heteroatoms. The zero-order valence-corrected chi connectivity index (χ0v) is 16.3. The highest BCUT2D eigenvalue weighted by atomic mass is 35.5. The summed E-state index contributed by atoms with van der Waals surface area (Å²) in [7, 11) is 0. The van der Waals surface area contributed by atoms with Gasteiger partial charge in [-0.25, -0.2) is 9.38 Å². The maximum absolute atomic E-state index is 13.3. The lowest BCUT2D eigenvalue weighted by molar-refractivity contribution is 0.234. The molecule has 1 aliphatic rings. The molecule has 2 aromatic rings. The van der Waals surface area contributed by atoms with Crippen molar-refractivity contribution in [2.24, 2.45) is 10.9 Å². The van der Waals surface area contributed by atoms with Crippen LogP contribution in [-0.4, -0.2) is 21.1 Å². The summed E-state index contributed by atoms with van der Waals surface area (Å²) in [6, 6.07) is 4.02. The van der Waals surface area contributed by atoms with Crippen molar-refractivity contribution in [3.05, 3.63) is 46.6 Å². The molecule has 1 aromatic heterocycles. The van der Waals surface area contributed by atoms with Crippen LogP contribution in [0.1, 0.15) is 49.8 Å². The van der Waals surface area contributed by atoms with Gasteiger partial charge < -0.3 is 4.52 Å². The van der Waals surface area contributed by atoms with E-state index in [9.17, 15) is 9.60 Å². The topological polar surface area (TPSA) is 70.7 Å². The molecule has 144 valence electrons. The predicted octanol–water partition coefficient (Wildman–Crippen LogP) is 5.41. The molecule has 5 nitrogen and oxygen atoms in total. The second kappa shape index (κ2) is 9.39. The molecule has 0 radical (unpaired) electrons. The molecule has 1 aromatic carbocycles. The van der Waals surface area contributed by atoms with Crippen LogP contribution in [-0.2, 0) is 6.42 Å². The van der Waals surface area contributed by atoms with E-state index in [2.05, 4.69) is 10.1 Å². The Balaban J connectivity index is 1.74. The Kier molecular flexibility index (Phi) is 6.93. The molecule has 0 spiro atoms. The molecular formula is C19H21ClFN3O2S. The Morgan fingerprint density at radius 1 is 1.37 bits per heavy atom. The minimum atomic E-state index is -0.538. The number of hydrogen-bond acceptors (Lipinski definition) is 5. The number of aromatic nitrogens is 1. The Morgan fingerprint density at radius 3 is 2.85 bits per heavy atom. The molecule has 3 rings (SSSR count). The zero-order chi connectivity index (χ0) is 19.2. The number of amidine groups is 1.